The van der Waals surface area contributed by atoms with Gasteiger partial charge in [-0.05, 0) is 48.9 Å². The molecule has 4 atom stereocenters. The van der Waals surface area contributed by atoms with Crippen LogP contribution in [0.2, 0.25) is 0 Å². The lowest BCUT2D eigenvalue weighted by Crippen LogP contribution is -2.23. The van der Waals surface area contributed by atoms with E-state index in [2.05, 4.69) is 6.92 Å². The van der Waals surface area contributed by atoms with Gasteiger partial charge in [0.25, 0.3) is 0 Å². The van der Waals surface area contributed by atoms with Crippen molar-refractivity contribution < 1.29 is 0 Å². The molecule has 4 unspecified atom stereocenters. The maximum absolute atomic E-state index is 2.54. The summed E-state index contributed by atoms with van der Waals surface area (Å²) in [5.74, 6) is 5.45. The van der Waals surface area contributed by atoms with Crippen molar-refractivity contribution in [3.8, 4) is 0 Å². The van der Waals surface area contributed by atoms with E-state index < -0.39 is 0 Å². The molecule has 0 aromatic heterocycles. The van der Waals surface area contributed by atoms with Crippen LogP contribution in [0.15, 0.2) is 0 Å². The summed E-state index contributed by atoms with van der Waals surface area (Å²) in [4.78, 5) is 0. The molecule has 0 amide bonds. The molecule has 3 fully saturated rings. The molecule has 0 N–H and O–H groups in total. The summed E-state index contributed by atoms with van der Waals surface area (Å²) in [5.41, 5.74) is 0. The molecular formula is C21H38. The SMILES string of the molecule is CC1CCCCC1C1CCC(CCCC2CCCCC2)C1. The second-order valence-electron chi connectivity index (χ2n) is 8.80. The molecular weight excluding hydrogens is 252 g/mol. The molecule has 0 aromatic carbocycles. The molecule has 0 aromatic rings. The topological polar surface area (TPSA) is 0 Å². The molecule has 0 bridgehead atoms. The van der Waals surface area contributed by atoms with E-state index in [4.69, 9.17) is 0 Å². The average Bonchev–Trinajstić information content (AvgIpc) is 2.97. The normalized spacial score (nSPS) is 38.7. The maximum Gasteiger partial charge on any atom is -0.0360 e. The summed E-state index contributed by atoms with van der Waals surface area (Å²) in [6, 6.07) is 0. The van der Waals surface area contributed by atoms with Gasteiger partial charge >= 0.3 is 0 Å². The molecule has 3 aliphatic carbocycles. The standard InChI is InChI=1S/C21H38/c1-17-8-5-6-13-21(17)20-15-14-19(16-20)12-7-11-18-9-3-2-4-10-18/h17-21H,2-16H2,1H3. The van der Waals surface area contributed by atoms with Gasteiger partial charge in [0.15, 0.2) is 0 Å². The first-order chi connectivity index (χ1) is 10.3. The molecule has 0 heteroatoms. The van der Waals surface area contributed by atoms with E-state index in [1.54, 1.807) is 57.8 Å². The van der Waals surface area contributed by atoms with E-state index in [0.29, 0.717) is 0 Å². The summed E-state index contributed by atoms with van der Waals surface area (Å²) < 4.78 is 0. The van der Waals surface area contributed by atoms with Crippen molar-refractivity contribution in [2.75, 3.05) is 0 Å². The lowest BCUT2D eigenvalue weighted by molar-refractivity contribution is 0.172. The number of hydrogen-bond donors (Lipinski definition) is 0. The van der Waals surface area contributed by atoms with Crippen molar-refractivity contribution in [2.45, 2.75) is 103 Å². The van der Waals surface area contributed by atoms with E-state index in [9.17, 15) is 0 Å². The highest BCUT2D eigenvalue weighted by Gasteiger charge is 2.34. The van der Waals surface area contributed by atoms with Gasteiger partial charge in [-0.2, -0.15) is 0 Å². The van der Waals surface area contributed by atoms with Gasteiger partial charge in [-0.1, -0.05) is 84.0 Å². The van der Waals surface area contributed by atoms with Gasteiger partial charge in [0, 0.05) is 0 Å². The molecule has 3 rings (SSSR count). The van der Waals surface area contributed by atoms with Gasteiger partial charge in [0.1, 0.15) is 0 Å². The smallest absolute Gasteiger partial charge is 0.0360 e. The zero-order valence-electron chi connectivity index (χ0n) is 14.5. The van der Waals surface area contributed by atoms with Crippen LogP contribution in [0.5, 0.6) is 0 Å². The monoisotopic (exact) mass is 290 g/mol. The summed E-state index contributed by atoms with van der Waals surface area (Å²) in [6.07, 6.45) is 23.2. The third-order valence-electron chi connectivity index (χ3n) is 7.31. The highest BCUT2D eigenvalue weighted by molar-refractivity contribution is 4.85. The van der Waals surface area contributed by atoms with Crippen molar-refractivity contribution in [3.05, 3.63) is 0 Å². The number of rotatable bonds is 5. The van der Waals surface area contributed by atoms with Crippen LogP contribution in [0.1, 0.15) is 103 Å². The van der Waals surface area contributed by atoms with Gasteiger partial charge in [0.2, 0.25) is 0 Å². The lowest BCUT2D eigenvalue weighted by Gasteiger charge is -2.33. The van der Waals surface area contributed by atoms with Crippen molar-refractivity contribution >= 4 is 0 Å². The number of hydrogen-bond acceptors (Lipinski definition) is 0. The van der Waals surface area contributed by atoms with Gasteiger partial charge in [-0.3, -0.25) is 0 Å². The molecule has 0 saturated heterocycles. The Morgan fingerprint density at radius 3 is 2.19 bits per heavy atom. The molecule has 122 valence electrons. The molecule has 0 radical (unpaired) electrons. The van der Waals surface area contributed by atoms with E-state index in [1.165, 1.54) is 38.5 Å². The van der Waals surface area contributed by atoms with E-state index in [1.807, 2.05) is 0 Å². The zero-order chi connectivity index (χ0) is 14.5. The minimum absolute atomic E-state index is 1.03. The summed E-state index contributed by atoms with van der Waals surface area (Å²) in [5, 5.41) is 0. The third kappa shape index (κ3) is 4.49. The Hall–Kier alpha value is 0. The van der Waals surface area contributed by atoms with Gasteiger partial charge in [0.05, 0.1) is 0 Å². The zero-order valence-corrected chi connectivity index (χ0v) is 14.5. The Bertz CT molecular complexity index is 288. The first-order valence-electron chi connectivity index (χ1n) is 10.3. The second-order valence-corrected chi connectivity index (χ2v) is 8.80. The Morgan fingerprint density at radius 1 is 0.667 bits per heavy atom. The molecule has 0 aliphatic heterocycles. The average molecular weight is 291 g/mol. The van der Waals surface area contributed by atoms with Crippen LogP contribution in [-0.4, -0.2) is 0 Å². The van der Waals surface area contributed by atoms with Crippen LogP contribution in [0.25, 0.3) is 0 Å². The fourth-order valence-electron chi connectivity index (χ4n) is 5.98. The van der Waals surface area contributed by atoms with E-state index in [0.717, 1.165) is 29.6 Å². The first-order valence-corrected chi connectivity index (χ1v) is 10.3. The van der Waals surface area contributed by atoms with Crippen LogP contribution in [0.3, 0.4) is 0 Å². The van der Waals surface area contributed by atoms with Crippen LogP contribution < -0.4 is 0 Å². The fourth-order valence-corrected chi connectivity index (χ4v) is 5.98. The van der Waals surface area contributed by atoms with Crippen molar-refractivity contribution in [1.29, 1.82) is 0 Å². The second kappa shape index (κ2) is 8.02. The third-order valence-corrected chi connectivity index (χ3v) is 7.31. The minimum Gasteiger partial charge on any atom is -0.0622 e. The molecule has 21 heavy (non-hydrogen) atoms. The van der Waals surface area contributed by atoms with Crippen LogP contribution in [-0.2, 0) is 0 Å². The first kappa shape index (κ1) is 15.9. The van der Waals surface area contributed by atoms with E-state index >= 15 is 0 Å². The van der Waals surface area contributed by atoms with Crippen LogP contribution in [0.4, 0.5) is 0 Å². The Kier molecular flexibility index (Phi) is 6.07. The molecule has 0 spiro atoms. The highest BCUT2D eigenvalue weighted by Crippen LogP contribution is 2.45. The van der Waals surface area contributed by atoms with E-state index in [-0.39, 0.29) is 0 Å². The fraction of sp³-hybridized carbons (Fsp3) is 1.00. The molecule has 3 saturated carbocycles. The van der Waals surface area contributed by atoms with Crippen LogP contribution >= 0.6 is 0 Å². The summed E-state index contributed by atoms with van der Waals surface area (Å²) >= 11 is 0. The van der Waals surface area contributed by atoms with Crippen molar-refractivity contribution in [3.63, 3.8) is 0 Å². The van der Waals surface area contributed by atoms with Crippen LogP contribution in [0, 0.1) is 29.6 Å². The molecule has 0 heterocycles. The highest BCUT2D eigenvalue weighted by atomic mass is 14.4. The predicted octanol–water partition coefficient (Wildman–Crippen LogP) is 6.98. The summed E-state index contributed by atoms with van der Waals surface area (Å²) in [7, 11) is 0. The lowest BCUT2D eigenvalue weighted by atomic mass is 9.72. The quantitative estimate of drug-likeness (QED) is 0.512. The van der Waals surface area contributed by atoms with Crippen molar-refractivity contribution in [2.24, 2.45) is 29.6 Å². The summed E-state index contributed by atoms with van der Waals surface area (Å²) in [6.45, 7) is 2.54. The Labute approximate surface area is 133 Å². The van der Waals surface area contributed by atoms with Crippen molar-refractivity contribution in [1.82, 2.24) is 0 Å². The molecule has 3 aliphatic rings. The molecule has 0 nitrogen and oxygen atoms in total. The maximum atomic E-state index is 2.54. The minimum atomic E-state index is 1.03. The predicted molar refractivity (Wildman–Crippen MR) is 92.4 cm³/mol. The Balaban J connectivity index is 1.34. The van der Waals surface area contributed by atoms with Gasteiger partial charge in [-0.25, -0.2) is 0 Å². The van der Waals surface area contributed by atoms with Gasteiger partial charge < -0.3 is 0 Å². The Morgan fingerprint density at radius 2 is 1.38 bits per heavy atom. The van der Waals surface area contributed by atoms with Gasteiger partial charge in [-0.15, -0.1) is 0 Å². The largest absolute Gasteiger partial charge is 0.0622 e.